The summed E-state index contributed by atoms with van der Waals surface area (Å²) in [6, 6.07) is 0. The third-order valence-electron chi connectivity index (χ3n) is 9.88. The van der Waals surface area contributed by atoms with E-state index in [2.05, 4.69) is 91.3 Å². The molecule has 344 valence electrons. The van der Waals surface area contributed by atoms with E-state index in [-0.39, 0.29) is 19.4 Å². The number of carbonyl (C=O) groups excluding carboxylic acids is 2. The van der Waals surface area contributed by atoms with Crippen molar-refractivity contribution in [3.63, 3.8) is 0 Å². The van der Waals surface area contributed by atoms with E-state index in [1.807, 2.05) is 12.2 Å². The second kappa shape index (κ2) is 45.7. The maximum atomic E-state index is 12.4. The van der Waals surface area contributed by atoms with Gasteiger partial charge in [-0.05, 0) is 83.5 Å². The van der Waals surface area contributed by atoms with E-state index < -0.39 is 32.5 Å². The minimum absolute atomic E-state index is 0.132. The summed E-state index contributed by atoms with van der Waals surface area (Å²) in [5, 5.41) is 0. The van der Waals surface area contributed by atoms with Gasteiger partial charge >= 0.3 is 19.8 Å². The van der Waals surface area contributed by atoms with E-state index in [4.69, 9.17) is 19.3 Å². The Labute approximate surface area is 367 Å². The molecule has 0 aliphatic heterocycles. The van der Waals surface area contributed by atoms with Crippen LogP contribution < -0.4 is 0 Å². The molecule has 9 heteroatoms. The lowest BCUT2D eigenvalue weighted by molar-refractivity contribution is -0.161. The van der Waals surface area contributed by atoms with Crippen LogP contribution in [0.2, 0.25) is 0 Å². The molecule has 0 aromatic heterocycles. The van der Waals surface area contributed by atoms with Crippen molar-refractivity contribution in [2.24, 2.45) is 0 Å². The van der Waals surface area contributed by atoms with Crippen LogP contribution in [-0.4, -0.2) is 41.0 Å². The van der Waals surface area contributed by atoms with Crippen LogP contribution in [0.25, 0.3) is 0 Å². The van der Waals surface area contributed by atoms with Crippen molar-refractivity contribution in [3.8, 4) is 0 Å². The number of phosphoric acid groups is 1. The molecule has 0 bridgehead atoms. The highest BCUT2D eigenvalue weighted by atomic mass is 31.2. The second-order valence-electron chi connectivity index (χ2n) is 15.7. The lowest BCUT2D eigenvalue weighted by atomic mass is 10.0. The molecule has 60 heavy (non-hydrogen) atoms. The molecule has 0 aliphatic rings. The standard InChI is InChI=1S/C51H87O8P/c1-3-5-7-9-11-13-15-17-19-21-23-24-25-26-28-30-32-34-36-38-40-42-44-46-51(53)59-49(48-58-60(54,55)56)47-57-50(52)45-43-41-39-37-35-33-31-29-27-22-20-18-16-14-12-10-8-6-4-2/h12,14,18,20,27,29-30,32-33,35,38-41,49H,3-11,13,15-17,19,21-26,28,31,34,36-37,42-48H2,1-2H3,(H2,54,55,56)/b14-12+,20-18+,29-27+,32-30+,35-33+,40-38+,41-39+/t49-/m1/s1. The van der Waals surface area contributed by atoms with Gasteiger partial charge in [0.05, 0.1) is 6.61 Å². The zero-order chi connectivity index (χ0) is 43.9. The first-order valence-corrected chi connectivity index (χ1v) is 25.4. The van der Waals surface area contributed by atoms with Gasteiger partial charge in [-0.3, -0.25) is 14.1 Å². The Kier molecular flexibility index (Phi) is 43.6. The van der Waals surface area contributed by atoms with Gasteiger partial charge < -0.3 is 19.3 Å². The van der Waals surface area contributed by atoms with Gasteiger partial charge in [-0.2, -0.15) is 0 Å². The molecular formula is C51H87O8P. The molecule has 0 heterocycles. The predicted octanol–water partition coefficient (Wildman–Crippen LogP) is 15.2. The zero-order valence-corrected chi connectivity index (χ0v) is 39.0. The number of rotatable bonds is 43. The number of unbranched alkanes of at least 4 members (excludes halogenated alkanes) is 19. The van der Waals surface area contributed by atoms with Gasteiger partial charge in [0.15, 0.2) is 6.10 Å². The molecule has 1 atom stereocenters. The maximum absolute atomic E-state index is 12.4. The Bertz CT molecular complexity index is 1240. The molecule has 0 aromatic carbocycles. The van der Waals surface area contributed by atoms with Crippen LogP contribution in [0.3, 0.4) is 0 Å². The zero-order valence-electron chi connectivity index (χ0n) is 38.1. The largest absolute Gasteiger partial charge is 0.469 e. The molecule has 0 rings (SSSR count). The predicted molar refractivity (Wildman–Crippen MR) is 253 cm³/mol. The molecule has 0 radical (unpaired) electrons. The Morgan fingerprint density at radius 3 is 1.28 bits per heavy atom. The van der Waals surface area contributed by atoms with Gasteiger partial charge in [0.25, 0.3) is 0 Å². The molecule has 8 nitrogen and oxygen atoms in total. The number of ether oxygens (including phenoxy) is 2. The molecule has 2 N–H and O–H groups in total. The summed E-state index contributed by atoms with van der Waals surface area (Å²) in [6.45, 7) is 3.58. The third kappa shape index (κ3) is 47.9. The van der Waals surface area contributed by atoms with Gasteiger partial charge in [0.1, 0.15) is 6.61 Å². The van der Waals surface area contributed by atoms with Crippen molar-refractivity contribution in [1.29, 1.82) is 0 Å². The smallest absolute Gasteiger partial charge is 0.462 e. The van der Waals surface area contributed by atoms with Gasteiger partial charge in [-0.15, -0.1) is 0 Å². The molecule has 0 fully saturated rings. The van der Waals surface area contributed by atoms with Gasteiger partial charge in [0.2, 0.25) is 0 Å². The van der Waals surface area contributed by atoms with E-state index in [1.165, 1.54) is 116 Å². The molecule has 0 saturated carbocycles. The van der Waals surface area contributed by atoms with Crippen molar-refractivity contribution < 1.29 is 37.9 Å². The molecule has 0 spiro atoms. The molecule has 0 aliphatic carbocycles. The molecule has 0 unspecified atom stereocenters. The Morgan fingerprint density at radius 2 is 0.800 bits per heavy atom. The van der Waals surface area contributed by atoms with Crippen LogP contribution in [0, 0.1) is 0 Å². The number of hydrogen-bond donors (Lipinski definition) is 2. The van der Waals surface area contributed by atoms with Crippen molar-refractivity contribution >= 4 is 19.8 Å². The van der Waals surface area contributed by atoms with Crippen molar-refractivity contribution in [1.82, 2.24) is 0 Å². The number of carbonyl (C=O) groups is 2. The summed E-state index contributed by atoms with van der Waals surface area (Å²) in [4.78, 5) is 42.9. The van der Waals surface area contributed by atoms with Gasteiger partial charge in [0, 0.05) is 12.8 Å². The van der Waals surface area contributed by atoms with E-state index in [9.17, 15) is 14.2 Å². The van der Waals surface area contributed by atoms with Crippen LogP contribution in [0.1, 0.15) is 206 Å². The Balaban J connectivity index is 4.02. The van der Waals surface area contributed by atoms with E-state index >= 15 is 0 Å². The van der Waals surface area contributed by atoms with E-state index in [0.717, 1.165) is 44.9 Å². The minimum Gasteiger partial charge on any atom is -0.462 e. The van der Waals surface area contributed by atoms with Gasteiger partial charge in [-0.25, -0.2) is 4.57 Å². The normalized spacial score (nSPS) is 13.2. The average Bonchev–Trinajstić information content (AvgIpc) is 3.22. The van der Waals surface area contributed by atoms with Crippen LogP contribution in [0.5, 0.6) is 0 Å². The molecule has 0 saturated heterocycles. The number of allylic oxidation sites excluding steroid dienone is 14. The van der Waals surface area contributed by atoms with E-state index in [1.54, 1.807) is 0 Å². The van der Waals surface area contributed by atoms with Gasteiger partial charge in [-0.1, -0.05) is 195 Å². The second-order valence-corrected chi connectivity index (χ2v) is 17.0. The molecule has 0 aromatic rings. The quantitative estimate of drug-likeness (QED) is 0.0269. The highest BCUT2D eigenvalue weighted by molar-refractivity contribution is 7.46. The van der Waals surface area contributed by atoms with Crippen molar-refractivity contribution in [2.75, 3.05) is 13.2 Å². The highest BCUT2D eigenvalue weighted by Gasteiger charge is 2.22. The van der Waals surface area contributed by atoms with Crippen molar-refractivity contribution in [2.45, 2.75) is 213 Å². The monoisotopic (exact) mass is 859 g/mol. The van der Waals surface area contributed by atoms with Crippen LogP contribution >= 0.6 is 7.82 Å². The highest BCUT2D eigenvalue weighted by Crippen LogP contribution is 2.36. The average molecular weight is 859 g/mol. The number of hydrogen-bond acceptors (Lipinski definition) is 6. The fourth-order valence-electron chi connectivity index (χ4n) is 6.32. The van der Waals surface area contributed by atoms with E-state index in [0.29, 0.717) is 19.3 Å². The lowest BCUT2D eigenvalue weighted by Gasteiger charge is -2.18. The van der Waals surface area contributed by atoms with Crippen LogP contribution in [0.15, 0.2) is 85.1 Å². The van der Waals surface area contributed by atoms with Crippen molar-refractivity contribution in [3.05, 3.63) is 85.1 Å². The summed E-state index contributed by atoms with van der Waals surface area (Å²) in [5.74, 6) is -1.03. The first kappa shape index (κ1) is 57.2. The Hall–Kier alpha value is -2.77. The number of esters is 2. The maximum Gasteiger partial charge on any atom is 0.469 e. The van der Waals surface area contributed by atoms with Crippen LogP contribution in [0.4, 0.5) is 0 Å². The first-order chi connectivity index (χ1) is 29.3. The summed E-state index contributed by atoms with van der Waals surface area (Å²) < 4.78 is 26.3. The topological polar surface area (TPSA) is 119 Å². The minimum atomic E-state index is -4.79. The lowest BCUT2D eigenvalue weighted by Crippen LogP contribution is -2.29. The summed E-state index contributed by atoms with van der Waals surface area (Å²) in [7, 11) is -4.79. The van der Waals surface area contributed by atoms with Crippen LogP contribution in [-0.2, 0) is 28.2 Å². The molecular weight excluding hydrogens is 772 g/mol. The molecule has 0 amide bonds. The Morgan fingerprint density at radius 1 is 0.433 bits per heavy atom. The SMILES string of the molecule is CCCCC/C=C/C/C=C/C/C=C/C/C=C/C/C=C/CCC(=O)OC[C@H](COP(=O)(O)O)OC(=O)CCC/C=C/CC/C=C/CCCCCCCCCCCCCCCC. The third-order valence-corrected chi connectivity index (χ3v) is 10.4. The fourth-order valence-corrected chi connectivity index (χ4v) is 6.68. The first-order valence-electron chi connectivity index (χ1n) is 23.9. The fraction of sp³-hybridized carbons (Fsp3) is 0.686. The summed E-state index contributed by atoms with van der Waals surface area (Å²) in [5.41, 5.74) is 0. The summed E-state index contributed by atoms with van der Waals surface area (Å²) >= 11 is 0. The number of phosphoric ester groups is 1. The summed E-state index contributed by atoms with van der Waals surface area (Å²) in [6.07, 6.45) is 62.0.